The molecule has 0 bridgehead atoms. The SMILES string of the molecule is CC1(C)CCCC2=CCOOC21. The van der Waals surface area contributed by atoms with Crippen LogP contribution in [0.4, 0.5) is 0 Å². The van der Waals surface area contributed by atoms with Crippen LogP contribution in [-0.4, -0.2) is 12.7 Å². The second kappa shape index (κ2) is 2.86. The summed E-state index contributed by atoms with van der Waals surface area (Å²) in [5.74, 6) is 0. The summed E-state index contributed by atoms with van der Waals surface area (Å²) in [7, 11) is 0. The Morgan fingerprint density at radius 1 is 1.50 bits per heavy atom. The van der Waals surface area contributed by atoms with E-state index in [1.165, 1.54) is 24.8 Å². The van der Waals surface area contributed by atoms with Crippen LogP contribution >= 0.6 is 0 Å². The fraction of sp³-hybridized carbons (Fsp3) is 0.800. The summed E-state index contributed by atoms with van der Waals surface area (Å²) in [5.41, 5.74) is 1.70. The quantitative estimate of drug-likeness (QED) is 0.408. The molecule has 0 aromatic carbocycles. The maximum atomic E-state index is 5.33. The monoisotopic (exact) mass is 168 g/mol. The van der Waals surface area contributed by atoms with Gasteiger partial charge in [-0.05, 0) is 30.3 Å². The Balaban J connectivity index is 2.22. The highest BCUT2D eigenvalue weighted by molar-refractivity contribution is 5.16. The van der Waals surface area contributed by atoms with Crippen molar-refractivity contribution < 1.29 is 9.78 Å². The fourth-order valence-corrected chi connectivity index (χ4v) is 2.16. The lowest BCUT2D eigenvalue weighted by atomic mass is 9.72. The van der Waals surface area contributed by atoms with Crippen molar-refractivity contribution in [3.63, 3.8) is 0 Å². The van der Waals surface area contributed by atoms with Crippen molar-refractivity contribution >= 4 is 0 Å². The summed E-state index contributed by atoms with van der Waals surface area (Å²) in [6.45, 7) is 5.13. The van der Waals surface area contributed by atoms with E-state index in [2.05, 4.69) is 19.9 Å². The lowest BCUT2D eigenvalue weighted by molar-refractivity contribution is -0.336. The fourth-order valence-electron chi connectivity index (χ4n) is 2.16. The maximum absolute atomic E-state index is 5.33. The molecule has 0 spiro atoms. The Morgan fingerprint density at radius 2 is 2.33 bits per heavy atom. The molecule has 1 heterocycles. The third-order valence-electron chi connectivity index (χ3n) is 2.91. The average molecular weight is 168 g/mol. The van der Waals surface area contributed by atoms with Crippen molar-refractivity contribution in [1.29, 1.82) is 0 Å². The summed E-state index contributed by atoms with van der Waals surface area (Å²) < 4.78 is 0. The van der Waals surface area contributed by atoms with Crippen LogP contribution < -0.4 is 0 Å². The third-order valence-corrected chi connectivity index (χ3v) is 2.91. The first-order chi connectivity index (χ1) is 5.70. The van der Waals surface area contributed by atoms with Gasteiger partial charge in [0, 0.05) is 0 Å². The van der Waals surface area contributed by atoms with Gasteiger partial charge in [0.15, 0.2) is 0 Å². The van der Waals surface area contributed by atoms with E-state index in [4.69, 9.17) is 9.78 Å². The number of fused-ring (bicyclic) bond motifs is 1. The Hall–Kier alpha value is -0.340. The minimum Gasteiger partial charge on any atom is -0.232 e. The summed E-state index contributed by atoms with van der Waals surface area (Å²) in [4.78, 5) is 10.3. The molecule has 0 aromatic rings. The molecular formula is C10H16O2. The molecule has 2 heteroatoms. The molecule has 1 atom stereocenters. The number of hydrogen-bond donors (Lipinski definition) is 0. The normalized spacial score (nSPS) is 33.8. The van der Waals surface area contributed by atoms with E-state index in [0.29, 0.717) is 6.61 Å². The van der Waals surface area contributed by atoms with Gasteiger partial charge in [-0.1, -0.05) is 19.9 Å². The molecule has 12 heavy (non-hydrogen) atoms. The minimum absolute atomic E-state index is 0.208. The Labute approximate surface area is 73.5 Å². The van der Waals surface area contributed by atoms with Crippen LogP contribution in [0.1, 0.15) is 33.1 Å². The van der Waals surface area contributed by atoms with E-state index in [9.17, 15) is 0 Å². The molecule has 0 saturated heterocycles. The molecule has 2 rings (SSSR count). The van der Waals surface area contributed by atoms with Gasteiger partial charge in [-0.25, -0.2) is 9.78 Å². The summed E-state index contributed by atoms with van der Waals surface area (Å²) in [6.07, 6.45) is 6.10. The molecule has 0 aromatic heterocycles. The molecule has 1 aliphatic carbocycles. The van der Waals surface area contributed by atoms with E-state index in [0.717, 1.165) is 0 Å². The Morgan fingerprint density at radius 3 is 3.08 bits per heavy atom. The summed E-state index contributed by atoms with van der Waals surface area (Å²) in [5, 5.41) is 0. The van der Waals surface area contributed by atoms with Gasteiger partial charge in [0.1, 0.15) is 12.7 Å². The Bertz CT molecular complexity index is 206. The van der Waals surface area contributed by atoms with Crippen molar-refractivity contribution in [2.45, 2.75) is 39.2 Å². The largest absolute Gasteiger partial charge is 0.232 e. The average Bonchev–Trinajstić information content (AvgIpc) is 2.04. The van der Waals surface area contributed by atoms with Crippen LogP contribution in [0.25, 0.3) is 0 Å². The van der Waals surface area contributed by atoms with Gasteiger partial charge >= 0.3 is 0 Å². The predicted molar refractivity (Wildman–Crippen MR) is 46.5 cm³/mol. The molecular weight excluding hydrogens is 152 g/mol. The van der Waals surface area contributed by atoms with E-state index in [-0.39, 0.29) is 11.5 Å². The van der Waals surface area contributed by atoms with Gasteiger partial charge in [-0.3, -0.25) is 0 Å². The van der Waals surface area contributed by atoms with Crippen molar-refractivity contribution in [3.05, 3.63) is 11.6 Å². The van der Waals surface area contributed by atoms with Crippen molar-refractivity contribution in [1.82, 2.24) is 0 Å². The van der Waals surface area contributed by atoms with Gasteiger partial charge in [0.2, 0.25) is 0 Å². The number of rotatable bonds is 0. The van der Waals surface area contributed by atoms with Gasteiger partial charge in [-0.15, -0.1) is 0 Å². The van der Waals surface area contributed by atoms with Crippen LogP contribution in [0.15, 0.2) is 11.6 Å². The van der Waals surface area contributed by atoms with Crippen molar-refractivity contribution in [2.75, 3.05) is 6.61 Å². The van der Waals surface area contributed by atoms with Crippen molar-refractivity contribution in [2.24, 2.45) is 5.41 Å². The predicted octanol–water partition coefficient (Wildman–Crippen LogP) is 2.45. The first kappa shape index (κ1) is 8.27. The molecule has 2 aliphatic rings. The first-order valence-electron chi connectivity index (χ1n) is 4.67. The van der Waals surface area contributed by atoms with Crippen LogP contribution in [0.2, 0.25) is 0 Å². The molecule has 1 saturated carbocycles. The molecule has 0 amide bonds. The van der Waals surface area contributed by atoms with Gasteiger partial charge < -0.3 is 0 Å². The smallest absolute Gasteiger partial charge is 0.119 e. The summed E-state index contributed by atoms with van der Waals surface area (Å²) >= 11 is 0. The standard InChI is InChI=1S/C10H16O2/c1-10(2)6-3-4-8-5-7-11-12-9(8)10/h5,9H,3-4,6-7H2,1-2H3. The second-order valence-electron chi connectivity index (χ2n) is 4.38. The van der Waals surface area contributed by atoms with Crippen LogP contribution in [0.3, 0.4) is 0 Å². The van der Waals surface area contributed by atoms with Gasteiger partial charge in [-0.2, -0.15) is 0 Å². The first-order valence-corrected chi connectivity index (χ1v) is 4.67. The zero-order chi connectivity index (χ0) is 8.60. The van der Waals surface area contributed by atoms with E-state index < -0.39 is 0 Å². The van der Waals surface area contributed by atoms with Crippen LogP contribution in [-0.2, 0) is 9.78 Å². The molecule has 0 N–H and O–H groups in total. The highest BCUT2D eigenvalue weighted by Gasteiger charge is 2.38. The molecule has 0 radical (unpaired) electrons. The van der Waals surface area contributed by atoms with E-state index >= 15 is 0 Å². The van der Waals surface area contributed by atoms with E-state index in [1.54, 1.807) is 0 Å². The van der Waals surface area contributed by atoms with Crippen LogP contribution in [0, 0.1) is 5.41 Å². The Kier molecular flexibility index (Phi) is 1.97. The zero-order valence-corrected chi connectivity index (χ0v) is 7.80. The molecule has 2 nitrogen and oxygen atoms in total. The zero-order valence-electron chi connectivity index (χ0n) is 7.80. The molecule has 1 unspecified atom stereocenters. The van der Waals surface area contributed by atoms with Crippen LogP contribution in [0.5, 0.6) is 0 Å². The highest BCUT2D eigenvalue weighted by atomic mass is 17.2. The second-order valence-corrected chi connectivity index (χ2v) is 4.38. The topological polar surface area (TPSA) is 18.5 Å². The molecule has 1 fully saturated rings. The molecule has 1 aliphatic heterocycles. The van der Waals surface area contributed by atoms with Gasteiger partial charge in [0.05, 0.1) is 0 Å². The lowest BCUT2D eigenvalue weighted by Gasteiger charge is -2.40. The van der Waals surface area contributed by atoms with E-state index in [1.807, 2.05) is 0 Å². The highest BCUT2D eigenvalue weighted by Crippen LogP contribution is 2.41. The third kappa shape index (κ3) is 1.29. The van der Waals surface area contributed by atoms with Gasteiger partial charge in [0.25, 0.3) is 0 Å². The summed E-state index contributed by atoms with van der Waals surface area (Å²) in [6, 6.07) is 0. The lowest BCUT2D eigenvalue weighted by Crippen LogP contribution is -2.39. The molecule has 68 valence electrons. The maximum Gasteiger partial charge on any atom is 0.119 e. The number of hydrogen-bond acceptors (Lipinski definition) is 2. The minimum atomic E-state index is 0.208. The van der Waals surface area contributed by atoms with Crippen molar-refractivity contribution in [3.8, 4) is 0 Å².